The van der Waals surface area contributed by atoms with Crippen molar-refractivity contribution in [1.82, 2.24) is 0 Å². The maximum atomic E-state index is 12.4. The third-order valence-corrected chi connectivity index (χ3v) is 19.5. The van der Waals surface area contributed by atoms with Gasteiger partial charge in [0.1, 0.15) is 5.78 Å². The van der Waals surface area contributed by atoms with Gasteiger partial charge in [-0.3, -0.25) is 4.79 Å². The molecule has 38 heavy (non-hydrogen) atoms. The van der Waals surface area contributed by atoms with Crippen LogP contribution in [-0.4, -0.2) is 33.3 Å². The fraction of sp³-hybridized carbons (Fsp3) is 0.788. The van der Waals surface area contributed by atoms with Crippen LogP contribution in [-0.2, 0) is 9.22 Å². The van der Waals surface area contributed by atoms with Crippen molar-refractivity contribution in [1.29, 1.82) is 0 Å². The lowest BCUT2D eigenvalue weighted by atomic mass is 9.63. The number of fused-ring (bicyclic) bond motifs is 1. The van der Waals surface area contributed by atoms with Crippen LogP contribution in [0.4, 0.5) is 0 Å². The van der Waals surface area contributed by atoms with Gasteiger partial charge in [0.25, 0.3) is 0 Å². The van der Waals surface area contributed by atoms with Crippen LogP contribution in [0.25, 0.3) is 0 Å². The molecule has 0 aromatic heterocycles. The van der Waals surface area contributed by atoms with Gasteiger partial charge in [0.15, 0.2) is 16.6 Å². The maximum absolute atomic E-state index is 12.4. The van der Waals surface area contributed by atoms with Crippen LogP contribution >= 0.6 is 0 Å². The van der Waals surface area contributed by atoms with E-state index in [4.69, 9.17) is 4.43 Å². The van der Waals surface area contributed by atoms with E-state index in [0.717, 1.165) is 44.1 Å². The van der Waals surface area contributed by atoms with E-state index in [0.29, 0.717) is 17.6 Å². The highest BCUT2D eigenvalue weighted by atomic mass is 28.4. The van der Waals surface area contributed by atoms with E-state index in [9.17, 15) is 9.59 Å². The summed E-state index contributed by atoms with van der Waals surface area (Å²) < 4.78 is 7.02. The largest absolute Gasteiger partial charge is 0.432 e. The molecule has 5 atom stereocenters. The van der Waals surface area contributed by atoms with Gasteiger partial charge in [0, 0.05) is 5.92 Å². The summed E-state index contributed by atoms with van der Waals surface area (Å²) in [5.41, 5.74) is 4.15. The summed E-state index contributed by atoms with van der Waals surface area (Å²) in [6.07, 6.45) is 13.5. The third kappa shape index (κ3) is 6.42. The molecule has 0 spiro atoms. The third-order valence-electron chi connectivity index (χ3n) is 11.5. The molecule has 1 N–H and O–H groups in total. The fourth-order valence-corrected chi connectivity index (χ4v) is 9.34. The van der Waals surface area contributed by atoms with Crippen molar-refractivity contribution in [2.75, 3.05) is 0 Å². The minimum Gasteiger partial charge on any atom is -0.432 e. The molecule has 0 aromatic carbocycles. The van der Waals surface area contributed by atoms with Crippen molar-refractivity contribution in [2.45, 2.75) is 142 Å². The van der Waals surface area contributed by atoms with Gasteiger partial charge in [-0.1, -0.05) is 65.8 Å². The molecule has 3 nitrogen and oxygen atoms in total. The molecule has 216 valence electrons. The lowest BCUT2D eigenvalue weighted by Gasteiger charge is -2.45. The summed E-state index contributed by atoms with van der Waals surface area (Å²) in [6.45, 7) is 29.1. The zero-order valence-corrected chi connectivity index (χ0v) is 28.6. The summed E-state index contributed by atoms with van der Waals surface area (Å²) in [5, 5.41) is 0.0891. The molecular weight excluding hydrogens is 501 g/mol. The predicted octanol–water partition coefficient (Wildman–Crippen LogP) is 9.37. The Morgan fingerprint density at radius 2 is 1.76 bits per heavy atom. The van der Waals surface area contributed by atoms with E-state index in [1.165, 1.54) is 24.0 Å². The molecule has 0 bridgehead atoms. The average molecular weight is 559 g/mol. The first kappa shape index (κ1) is 31.8. The molecule has 3 fully saturated rings. The molecule has 3 rings (SSSR count). The number of carbonyl (C=O) groups excluding carboxylic acids is 1. The fourth-order valence-electron chi connectivity index (χ4n) is 7.25. The highest BCUT2D eigenvalue weighted by Crippen LogP contribution is 2.57. The van der Waals surface area contributed by atoms with Crippen molar-refractivity contribution in [3.05, 3.63) is 35.5 Å². The Bertz CT molecular complexity index is 975. The quantitative estimate of drug-likeness (QED) is 0.317. The summed E-state index contributed by atoms with van der Waals surface area (Å²) >= 11 is 0. The molecule has 0 aliphatic heterocycles. The van der Waals surface area contributed by atoms with Crippen molar-refractivity contribution >= 4 is 22.4 Å². The number of Topliss-reactive ketones (excluding diaryl/α,β-unsaturated/α-hetero) is 1. The first-order chi connectivity index (χ1) is 17.2. The Kier molecular flexibility index (Phi) is 9.12. The minimum atomic E-state index is -2.30. The smallest absolute Gasteiger partial charge is 0.192 e. The summed E-state index contributed by atoms with van der Waals surface area (Å²) in [6, 6.07) is 0. The zero-order chi connectivity index (χ0) is 28.9. The standard InChI is InChI=1S/C33H58O3Si2/c1-23-27(16-15-26-14-13-19-33(8)28(24(2)34)17-18-29(26)33)20-25(22-32(6,7)37(9,10)35)21-30(23)36-38(11,12)31(3,4)5/h15-16,25,28-30,35H,1,13-14,17-22H2,2-12H3/b26-15+,27-16+/t25-,28-,29?,30+,33-/m1/s1. The first-order valence-corrected chi connectivity index (χ1v) is 21.0. The second-order valence-corrected chi connectivity index (χ2v) is 25.2. The summed E-state index contributed by atoms with van der Waals surface area (Å²) in [7, 11) is -4.27. The lowest BCUT2D eigenvalue weighted by Crippen LogP contribution is -2.46. The number of rotatable bonds is 7. The molecule has 0 amide bonds. The van der Waals surface area contributed by atoms with Crippen LogP contribution in [0, 0.1) is 23.2 Å². The van der Waals surface area contributed by atoms with E-state index in [-0.39, 0.29) is 27.5 Å². The molecule has 3 aliphatic carbocycles. The van der Waals surface area contributed by atoms with Gasteiger partial charge in [-0.25, -0.2) is 0 Å². The van der Waals surface area contributed by atoms with E-state index in [1.54, 1.807) is 6.92 Å². The number of allylic oxidation sites excluding steroid dienone is 3. The first-order valence-electron chi connectivity index (χ1n) is 15.2. The topological polar surface area (TPSA) is 46.5 Å². The number of hydrogen-bond donors (Lipinski definition) is 1. The van der Waals surface area contributed by atoms with Crippen LogP contribution in [0.3, 0.4) is 0 Å². The maximum Gasteiger partial charge on any atom is 0.192 e. The summed E-state index contributed by atoms with van der Waals surface area (Å²) in [4.78, 5) is 23.5. The molecule has 1 unspecified atom stereocenters. The molecule has 3 aliphatic rings. The monoisotopic (exact) mass is 558 g/mol. The second kappa shape index (κ2) is 10.9. The summed E-state index contributed by atoms with van der Waals surface area (Å²) in [5.74, 6) is 1.59. The van der Waals surface area contributed by atoms with E-state index < -0.39 is 16.6 Å². The van der Waals surface area contributed by atoms with Gasteiger partial charge >= 0.3 is 0 Å². The van der Waals surface area contributed by atoms with Gasteiger partial charge in [0.2, 0.25) is 0 Å². The van der Waals surface area contributed by atoms with Gasteiger partial charge in [-0.05, 0) is 123 Å². The molecule has 5 heteroatoms. The van der Waals surface area contributed by atoms with Gasteiger partial charge in [-0.2, -0.15) is 0 Å². The highest BCUT2D eigenvalue weighted by molar-refractivity contribution is 6.74. The Labute approximate surface area is 236 Å². The second-order valence-electron chi connectivity index (χ2n) is 15.9. The molecule has 0 aromatic rings. The van der Waals surface area contributed by atoms with Crippen LogP contribution in [0.2, 0.25) is 36.3 Å². The Morgan fingerprint density at radius 3 is 2.32 bits per heavy atom. The molecule has 3 saturated carbocycles. The van der Waals surface area contributed by atoms with E-state index in [2.05, 4.69) is 86.5 Å². The number of carbonyl (C=O) groups is 1. The molecular formula is C33H58O3Si2. The minimum absolute atomic E-state index is 0.0451. The van der Waals surface area contributed by atoms with Gasteiger partial charge in [-0.15, -0.1) is 0 Å². The molecule has 0 radical (unpaired) electrons. The highest BCUT2D eigenvalue weighted by Gasteiger charge is 2.51. The van der Waals surface area contributed by atoms with Crippen molar-refractivity contribution in [3.63, 3.8) is 0 Å². The molecule has 0 heterocycles. The van der Waals surface area contributed by atoms with E-state index >= 15 is 0 Å². The van der Waals surface area contributed by atoms with Crippen LogP contribution in [0.15, 0.2) is 35.5 Å². The predicted molar refractivity (Wildman–Crippen MR) is 167 cm³/mol. The lowest BCUT2D eigenvalue weighted by molar-refractivity contribution is -0.124. The average Bonchev–Trinajstić information content (AvgIpc) is 3.10. The van der Waals surface area contributed by atoms with Crippen molar-refractivity contribution in [3.8, 4) is 0 Å². The van der Waals surface area contributed by atoms with Crippen LogP contribution in [0.5, 0.6) is 0 Å². The number of hydrogen-bond acceptors (Lipinski definition) is 3. The Hall–Kier alpha value is -0.756. The van der Waals surface area contributed by atoms with E-state index in [1.807, 2.05) is 0 Å². The SMILES string of the molecule is C=C1/C(=C/C=C2\CCC[C@@]3(C)C2CC[C@@H]3C(C)=O)C[C@@H](CC(C)(C)[Si](C)(C)O)C[C@@H]1O[Si](C)(C)C(C)(C)C. The van der Waals surface area contributed by atoms with Crippen molar-refractivity contribution < 1.29 is 14.0 Å². The van der Waals surface area contributed by atoms with Gasteiger partial charge < -0.3 is 9.22 Å². The Balaban J connectivity index is 1.93. The van der Waals surface area contributed by atoms with Gasteiger partial charge in [0.05, 0.1) is 6.10 Å². The number of ketones is 1. The van der Waals surface area contributed by atoms with Crippen LogP contribution < -0.4 is 0 Å². The molecule has 0 saturated heterocycles. The normalized spacial score (nSPS) is 33.6. The van der Waals surface area contributed by atoms with Crippen LogP contribution in [0.1, 0.15) is 99.8 Å². The van der Waals surface area contributed by atoms with Crippen molar-refractivity contribution in [2.24, 2.45) is 23.2 Å². The zero-order valence-electron chi connectivity index (χ0n) is 26.6. The Morgan fingerprint density at radius 1 is 1.13 bits per heavy atom.